The van der Waals surface area contributed by atoms with Crippen LogP contribution >= 0.6 is 0 Å². The van der Waals surface area contributed by atoms with Gasteiger partial charge in [0.15, 0.2) is 11.6 Å². The van der Waals surface area contributed by atoms with Gasteiger partial charge in [-0.15, -0.1) is 0 Å². The molecule has 0 aliphatic carbocycles. The third-order valence-corrected chi connectivity index (χ3v) is 6.44. The number of amides is 1. The maximum Gasteiger partial charge on any atom is 0.243 e. The maximum atomic E-state index is 13.4. The van der Waals surface area contributed by atoms with Crippen molar-refractivity contribution in [2.75, 3.05) is 13.1 Å². The Balaban J connectivity index is 1.57. The largest absolute Gasteiger partial charge is 0.352 e. The van der Waals surface area contributed by atoms with Gasteiger partial charge in [-0.25, -0.2) is 17.2 Å². The lowest BCUT2D eigenvalue weighted by molar-refractivity contribution is -0.126. The number of pyridine rings is 1. The van der Waals surface area contributed by atoms with Crippen LogP contribution in [-0.4, -0.2) is 36.7 Å². The van der Waals surface area contributed by atoms with Crippen LogP contribution in [0.15, 0.2) is 47.6 Å². The first-order chi connectivity index (χ1) is 12.9. The van der Waals surface area contributed by atoms with Gasteiger partial charge in [0.25, 0.3) is 0 Å². The molecule has 1 aromatic carbocycles. The van der Waals surface area contributed by atoms with Crippen molar-refractivity contribution in [3.05, 3.63) is 59.9 Å². The zero-order chi connectivity index (χ0) is 19.4. The van der Waals surface area contributed by atoms with Gasteiger partial charge in [0.05, 0.1) is 4.90 Å². The number of halogens is 2. The standard InChI is InChI=1S/C18H19F2N3O3S/c19-16-4-3-15(10-17(16)20)27(25,26)23-8-5-14(6-9-23)18(24)22-12-13-2-1-7-21-11-13/h1-4,7,10-11,14H,5-6,8-9,12H2,(H,22,24). The fraction of sp³-hybridized carbons (Fsp3) is 0.333. The Morgan fingerprint density at radius 2 is 1.93 bits per heavy atom. The highest BCUT2D eigenvalue weighted by molar-refractivity contribution is 7.89. The first-order valence-corrected chi connectivity index (χ1v) is 9.94. The lowest BCUT2D eigenvalue weighted by Crippen LogP contribution is -2.42. The first-order valence-electron chi connectivity index (χ1n) is 8.50. The van der Waals surface area contributed by atoms with E-state index in [9.17, 15) is 22.0 Å². The molecule has 0 unspecified atom stereocenters. The van der Waals surface area contributed by atoms with E-state index in [0.29, 0.717) is 25.5 Å². The summed E-state index contributed by atoms with van der Waals surface area (Å²) in [6.45, 7) is 0.651. The highest BCUT2D eigenvalue weighted by Gasteiger charge is 2.32. The van der Waals surface area contributed by atoms with Crippen LogP contribution in [0.3, 0.4) is 0 Å². The van der Waals surface area contributed by atoms with E-state index in [-0.39, 0.29) is 29.8 Å². The van der Waals surface area contributed by atoms with E-state index in [1.54, 1.807) is 18.5 Å². The predicted molar refractivity (Wildman–Crippen MR) is 93.9 cm³/mol. The lowest BCUT2D eigenvalue weighted by Gasteiger charge is -2.30. The second-order valence-corrected chi connectivity index (χ2v) is 8.27. The fourth-order valence-corrected chi connectivity index (χ4v) is 4.46. The van der Waals surface area contributed by atoms with Crippen LogP contribution in [0.1, 0.15) is 18.4 Å². The van der Waals surface area contributed by atoms with Crippen LogP contribution in [0.2, 0.25) is 0 Å². The number of nitrogens with zero attached hydrogens (tertiary/aromatic N) is 2. The monoisotopic (exact) mass is 395 g/mol. The number of aromatic nitrogens is 1. The number of rotatable bonds is 5. The van der Waals surface area contributed by atoms with Crippen LogP contribution < -0.4 is 5.32 Å². The van der Waals surface area contributed by atoms with Crippen molar-refractivity contribution in [2.24, 2.45) is 5.92 Å². The number of piperidine rings is 1. The Labute approximate surface area is 156 Å². The zero-order valence-corrected chi connectivity index (χ0v) is 15.3. The van der Waals surface area contributed by atoms with Gasteiger partial charge in [0, 0.05) is 37.9 Å². The molecule has 1 saturated heterocycles. The van der Waals surface area contributed by atoms with E-state index < -0.39 is 21.7 Å². The predicted octanol–water partition coefficient (Wildman–Crippen LogP) is 2.08. The molecule has 0 saturated carbocycles. The van der Waals surface area contributed by atoms with Gasteiger partial charge in [-0.1, -0.05) is 6.07 Å². The molecule has 1 aliphatic rings. The third kappa shape index (κ3) is 4.48. The number of nitrogens with one attached hydrogen (secondary N) is 1. The molecule has 1 aromatic heterocycles. The van der Waals surface area contributed by atoms with E-state index in [1.165, 1.54) is 4.31 Å². The summed E-state index contributed by atoms with van der Waals surface area (Å²) in [6, 6.07) is 6.14. The SMILES string of the molecule is O=C(NCc1cccnc1)C1CCN(S(=O)(=O)c2ccc(F)c(F)c2)CC1. The normalized spacial score (nSPS) is 16.2. The number of carbonyl (C=O) groups is 1. The zero-order valence-electron chi connectivity index (χ0n) is 14.4. The highest BCUT2D eigenvalue weighted by Crippen LogP contribution is 2.25. The van der Waals surface area contributed by atoms with Crippen molar-refractivity contribution in [3.8, 4) is 0 Å². The summed E-state index contributed by atoms with van der Waals surface area (Å²) in [6.07, 6.45) is 4.04. The van der Waals surface area contributed by atoms with Crippen LogP contribution in [0.5, 0.6) is 0 Å². The van der Waals surface area contributed by atoms with Crippen LogP contribution in [0, 0.1) is 17.6 Å². The highest BCUT2D eigenvalue weighted by atomic mass is 32.2. The molecule has 2 aromatic rings. The Morgan fingerprint density at radius 3 is 2.56 bits per heavy atom. The van der Waals surface area contributed by atoms with Gasteiger partial charge in [-0.05, 0) is 42.7 Å². The van der Waals surface area contributed by atoms with Gasteiger partial charge < -0.3 is 5.32 Å². The minimum absolute atomic E-state index is 0.135. The van der Waals surface area contributed by atoms with Crippen molar-refractivity contribution in [1.82, 2.24) is 14.6 Å². The van der Waals surface area contributed by atoms with Crippen molar-refractivity contribution in [2.45, 2.75) is 24.3 Å². The van der Waals surface area contributed by atoms with E-state index in [1.807, 2.05) is 6.07 Å². The number of sulfonamides is 1. The molecule has 144 valence electrons. The molecule has 0 spiro atoms. The second kappa shape index (κ2) is 8.10. The third-order valence-electron chi connectivity index (χ3n) is 4.54. The van der Waals surface area contributed by atoms with E-state index >= 15 is 0 Å². The van der Waals surface area contributed by atoms with Crippen molar-refractivity contribution in [3.63, 3.8) is 0 Å². The minimum atomic E-state index is -3.92. The molecule has 1 aliphatic heterocycles. The topological polar surface area (TPSA) is 79.4 Å². The van der Waals surface area contributed by atoms with Gasteiger partial charge >= 0.3 is 0 Å². The molecule has 0 atom stereocenters. The molecule has 1 amide bonds. The van der Waals surface area contributed by atoms with Gasteiger partial charge in [-0.2, -0.15) is 4.31 Å². The van der Waals surface area contributed by atoms with Crippen molar-refractivity contribution >= 4 is 15.9 Å². The average molecular weight is 395 g/mol. The summed E-state index contributed by atoms with van der Waals surface area (Å²) >= 11 is 0. The Hall–Kier alpha value is -2.39. The lowest BCUT2D eigenvalue weighted by atomic mass is 9.97. The number of hydrogen-bond donors (Lipinski definition) is 1. The van der Waals surface area contributed by atoms with Crippen molar-refractivity contribution in [1.29, 1.82) is 0 Å². The molecule has 1 N–H and O–H groups in total. The minimum Gasteiger partial charge on any atom is -0.352 e. The Kier molecular flexibility index (Phi) is 5.81. The molecule has 3 rings (SSSR count). The number of hydrogen-bond acceptors (Lipinski definition) is 4. The van der Waals surface area contributed by atoms with Crippen LogP contribution in [0.25, 0.3) is 0 Å². The van der Waals surface area contributed by atoms with Crippen LogP contribution in [-0.2, 0) is 21.4 Å². The van der Waals surface area contributed by atoms with Crippen LogP contribution in [0.4, 0.5) is 8.78 Å². The molecule has 2 heterocycles. The smallest absolute Gasteiger partial charge is 0.243 e. The Bertz CT molecular complexity index is 915. The second-order valence-electron chi connectivity index (χ2n) is 6.33. The summed E-state index contributed by atoms with van der Waals surface area (Å²) in [5.74, 6) is -2.74. The summed E-state index contributed by atoms with van der Waals surface area (Å²) < 4.78 is 52.7. The molecule has 0 radical (unpaired) electrons. The molecule has 27 heavy (non-hydrogen) atoms. The number of carbonyl (C=O) groups excluding carboxylic acids is 1. The first kappa shape index (κ1) is 19.4. The average Bonchev–Trinajstić information content (AvgIpc) is 2.69. The van der Waals surface area contributed by atoms with E-state index in [4.69, 9.17) is 0 Å². The quantitative estimate of drug-likeness (QED) is 0.841. The fourth-order valence-electron chi connectivity index (χ4n) is 2.98. The summed E-state index contributed by atoms with van der Waals surface area (Å²) in [4.78, 5) is 16.0. The molecule has 9 heteroatoms. The molecule has 6 nitrogen and oxygen atoms in total. The van der Waals surface area contributed by atoms with E-state index in [2.05, 4.69) is 10.3 Å². The Morgan fingerprint density at radius 1 is 1.19 bits per heavy atom. The van der Waals surface area contributed by atoms with Gasteiger partial charge in [0.1, 0.15) is 0 Å². The molecular weight excluding hydrogens is 376 g/mol. The summed E-state index contributed by atoms with van der Waals surface area (Å²) in [5, 5.41) is 2.83. The summed E-state index contributed by atoms with van der Waals surface area (Å²) in [5.41, 5.74) is 0.879. The summed E-state index contributed by atoms with van der Waals surface area (Å²) in [7, 11) is -3.92. The van der Waals surface area contributed by atoms with E-state index in [0.717, 1.165) is 17.7 Å². The molecule has 0 bridgehead atoms. The number of benzene rings is 1. The van der Waals surface area contributed by atoms with Crippen molar-refractivity contribution < 1.29 is 22.0 Å². The van der Waals surface area contributed by atoms with Gasteiger partial charge in [-0.3, -0.25) is 9.78 Å². The maximum absolute atomic E-state index is 13.4. The molecular formula is C18H19F2N3O3S. The molecule has 1 fully saturated rings. The van der Waals surface area contributed by atoms with Gasteiger partial charge in [0.2, 0.25) is 15.9 Å².